The molecule has 5 aromatic heterocycles. The number of hydrogen-bond acceptors (Lipinski definition) is 12. The Labute approximate surface area is 366 Å². The number of fused-ring (bicyclic) bond motifs is 1. The topological polar surface area (TPSA) is 227 Å². The zero-order valence-electron chi connectivity index (χ0n) is 35.8. The maximum atomic E-state index is 13.5. The Morgan fingerprint density at radius 3 is 2.25 bits per heavy atom. The van der Waals surface area contributed by atoms with Gasteiger partial charge in [-0.3, -0.25) is 33.5 Å². The lowest BCUT2D eigenvalue weighted by atomic mass is 10.1. The van der Waals surface area contributed by atoms with Crippen molar-refractivity contribution in [2.75, 3.05) is 49.9 Å². The van der Waals surface area contributed by atoms with Crippen molar-refractivity contribution in [1.29, 1.82) is 0 Å². The summed E-state index contributed by atoms with van der Waals surface area (Å²) in [5.74, 6) is -1.77. The largest absolute Gasteiger partial charge is 0.493 e. The van der Waals surface area contributed by atoms with Crippen molar-refractivity contribution in [2.45, 2.75) is 19.3 Å². The number of carbonyl (C=O) groups excluding carboxylic acids is 6. The van der Waals surface area contributed by atoms with Crippen LogP contribution in [0.2, 0.25) is 0 Å². The van der Waals surface area contributed by atoms with Crippen molar-refractivity contribution < 1.29 is 43.0 Å². The number of rotatable bonds is 15. The van der Waals surface area contributed by atoms with E-state index in [1.165, 1.54) is 52.4 Å². The van der Waals surface area contributed by atoms with Crippen LogP contribution >= 0.6 is 0 Å². The average Bonchev–Trinajstić information content (AvgIpc) is 4.13. The summed E-state index contributed by atoms with van der Waals surface area (Å²) in [6, 6.07) is 9.41. The first kappa shape index (κ1) is 43.8. The molecule has 0 bridgehead atoms. The summed E-state index contributed by atoms with van der Waals surface area (Å²) in [5.41, 5.74) is 3.38. The third-order valence-electron chi connectivity index (χ3n) is 10.4. The predicted molar refractivity (Wildman–Crippen MR) is 236 cm³/mol. The molecular formula is C44H45N11O9. The molecule has 0 spiro atoms. The number of esters is 1. The van der Waals surface area contributed by atoms with E-state index in [2.05, 4.69) is 44.2 Å². The van der Waals surface area contributed by atoms with Crippen LogP contribution in [0.25, 0.3) is 11.0 Å². The third-order valence-corrected chi connectivity index (χ3v) is 10.4. The summed E-state index contributed by atoms with van der Waals surface area (Å²) in [7, 11) is 7.64. The first-order chi connectivity index (χ1) is 30.7. The zero-order chi connectivity index (χ0) is 45.8. The van der Waals surface area contributed by atoms with Gasteiger partial charge in [0, 0.05) is 83.1 Å². The second-order valence-corrected chi connectivity index (χ2v) is 14.9. The van der Waals surface area contributed by atoms with Crippen molar-refractivity contribution in [2.24, 2.45) is 26.1 Å². The first-order valence-corrected chi connectivity index (χ1v) is 19.8. The first-order valence-electron chi connectivity index (χ1n) is 19.8. The number of aliphatic imine (C=N–C) groups is 1. The number of amides is 4. The number of methoxy groups -OCH3 is 2. The monoisotopic (exact) mass is 871 g/mol. The molecule has 7 rings (SSSR count). The molecule has 0 saturated carbocycles. The summed E-state index contributed by atoms with van der Waals surface area (Å²) in [6.07, 6.45) is 8.65. The van der Waals surface area contributed by atoms with Gasteiger partial charge in [-0.2, -0.15) is 0 Å². The Balaban J connectivity index is 0.912. The van der Waals surface area contributed by atoms with Crippen molar-refractivity contribution in [3.05, 3.63) is 108 Å². The minimum absolute atomic E-state index is 0.000124. The Morgan fingerprint density at radius 1 is 0.844 bits per heavy atom. The molecule has 0 atom stereocenters. The average molecular weight is 872 g/mol. The summed E-state index contributed by atoms with van der Waals surface area (Å²) in [6.45, 7) is 8.76. The highest BCUT2D eigenvalue weighted by Gasteiger charge is 2.26. The van der Waals surface area contributed by atoms with Gasteiger partial charge in [0.1, 0.15) is 17.0 Å². The van der Waals surface area contributed by atoms with E-state index >= 15 is 0 Å². The molecule has 330 valence electrons. The lowest BCUT2D eigenvalue weighted by molar-refractivity contribution is -0.116. The fraction of sp³-hybridized carbons (Fsp3) is 0.250. The van der Waals surface area contributed by atoms with Gasteiger partial charge in [-0.05, 0) is 49.9 Å². The predicted octanol–water partition coefficient (Wildman–Crippen LogP) is 4.97. The Hall–Kier alpha value is -8.29. The second kappa shape index (κ2) is 18.4. The van der Waals surface area contributed by atoms with Crippen LogP contribution in [-0.2, 0) is 30.7 Å². The molecule has 20 heteroatoms. The maximum Gasteiger partial charge on any atom is 0.339 e. The standard InChI is InChI=1S/C44H45N11O9/c1-25-10-12-54(21-25)42(59)30-18-34(62-6)35(19-31(30)45-2)64-14-8-9-37(56)49-36-24-53(5)39(50-36)41(58)48-28-16-32(51(3)22-28)40(57)47-29-17-33(52(4)23-29)43(60)55-13-11-26-15-27(44(61)63-7)20-46-38(26)55/h11,13,15-20,22-24H,1-2,8-10,12,14,21H2,3-7H3,(H,47,57)(H,48,58)(H,49,56). The Bertz CT molecular complexity index is 2880. The van der Waals surface area contributed by atoms with Crippen LogP contribution in [0, 0.1) is 0 Å². The number of ether oxygens (including phenoxy) is 3. The van der Waals surface area contributed by atoms with Gasteiger partial charge < -0.3 is 48.8 Å². The number of imidazole rings is 1. The molecule has 0 radical (unpaired) electrons. The number of aryl methyl sites for hydroxylation is 3. The molecule has 1 aliphatic heterocycles. The molecule has 0 aliphatic carbocycles. The van der Waals surface area contributed by atoms with E-state index < -0.39 is 23.7 Å². The van der Waals surface area contributed by atoms with Crippen LogP contribution in [0.15, 0.2) is 84.5 Å². The van der Waals surface area contributed by atoms with Gasteiger partial charge in [0.25, 0.3) is 23.6 Å². The quantitative estimate of drug-likeness (QED) is 0.0541. The van der Waals surface area contributed by atoms with Gasteiger partial charge in [-0.15, -0.1) is 0 Å². The van der Waals surface area contributed by atoms with Crippen molar-refractivity contribution in [3.63, 3.8) is 0 Å². The summed E-state index contributed by atoms with van der Waals surface area (Å²) < 4.78 is 22.0. The minimum Gasteiger partial charge on any atom is -0.493 e. The number of pyridine rings is 1. The Morgan fingerprint density at radius 2 is 1.56 bits per heavy atom. The molecule has 1 aliphatic rings. The summed E-state index contributed by atoms with van der Waals surface area (Å²) >= 11 is 0. The fourth-order valence-corrected chi connectivity index (χ4v) is 7.17. The summed E-state index contributed by atoms with van der Waals surface area (Å²) in [5, 5.41) is 8.79. The van der Waals surface area contributed by atoms with E-state index in [1.807, 2.05) is 0 Å². The second-order valence-electron chi connectivity index (χ2n) is 14.9. The highest BCUT2D eigenvalue weighted by molar-refractivity contribution is 6.08. The third kappa shape index (κ3) is 9.15. The van der Waals surface area contributed by atoms with Crippen LogP contribution in [0.5, 0.6) is 11.5 Å². The zero-order valence-corrected chi connectivity index (χ0v) is 35.8. The van der Waals surface area contributed by atoms with E-state index in [9.17, 15) is 28.8 Å². The molecule has 6 heterocycles. The van der Waals surface area contributed by atoms with Gasteiger partial charge in [-0.25, -0.2) is 14.8 Å². The molecule has 4 amide bonds. The maximum absolute atomic E-state index is 13.5. The lowest BCUT2D eigenvalue weighted by Crippen LogP contribution is -2.27. The number of aromatic nitrogens is 6. The van der Waals surface area contributed by atoms with Crippen LogP contribution in [0.4, 0.5) is 22.9 Å². The van der Waals surface area contributed by atoms with Crippen LogP contribution in [-0.4, -0.2) is 109 Å². The molecule has 1 fully saturated rings. The van der Waals surface area contributed by atoms with Gasteiger partial charge >= 0.3 is 5.97 Å². The van der Waals surface area contributed by atoms with Gasteiger partial charge in [0.05, 0.1) is 49.0 Å². The van der Waals surface area contributed by atoms with E-state index in [0.29, 0.717) is 64.7 Å². The number of hydrogen-bond donors (Lipinski definition) is 3. The van der Waals surface area contributed by atoms with E-state index in [4.69, 9.17) is 14.2 Å². The highest BCUT2D eigenvalue weighted by Crippen LogP contribution is 2.36. The van der Waals surface area contributed by atoms with E-state index in [-0.39, 0.29) is 53.4 Å². The molecule has 6 aromatic rings. The van der Waals surface area contributed by atoms with Crippen molar-refractivity contribution in [3.8, 4) is 11.5 Å². The normalized spacial score (nSPS) is 12.3. The van der Waals surface area contributed by atoms with Gasteiger partial charge in [0.15, 0.2) is 17.3 Å². The van der Waals surface area contributed by atoms with Crippen molar-refractivity contribution in [1.82, 2.24) is 33.1 Å². The van der Waals surface area contributed by atoms with Crippen molar-refractivity contribution >= 4 is 76.1 Å². The minimum atomic E-state index is -0.588. The van der Waals surface area contributed by atoms with Crippen LogP contribution in [0.3, 0.4) is 0 Å². The number of anilines is 3. The van der Waals surface area contributed by atoms with E-state index in [0.717, 1.165) is 12.0 Å². The number of nitrogens with one attached hydrogen (secondary N) is 3. The lowest BCUT2D eigenvalue weighted by Gasteiger charge is -2.18. The number of benzene rings is 1. The molecule has 0 unspecified atom stereocenters. The summed E-state index contributed by atoms with van der Waals surface area (Å²) in [4.78, 5) is 92.4. The SMILES string of the molecule is C=Nc1cc(OCCCC(=O)Nc2cn(C)c(C(=O)Nc3cc(C(=O)Nc4cc(C(=O)n5ccc6cc(C(=O)OC)cnc65)n(C)c4)n(C)c3)n2)c(OC)cc1C(=O)N1CCC(=C)C1. The number of carbonyl (C=O) groups is 6. The molecule has 20 nitrogen and oxygen atoms in total. The smallest absolute Gasteiger partial charge is 0.339 e. The molecular weight excluding hydrogens is 827 g/mol. The number of nitrogens with zero attached hydrogens (tertiary/aromatic N) is 8. The molecule has 64 heavy (non-hydrogen) atoms. The highest BCUT2D eigenvalue weighted by atomic mass is 16.5. The number of likely N-dealkylation sites (tertiary alicyclic amines) is 1. The molecule has 1 saturated heterocycles. The fourth-order valence-electron chi connectivity index (χ4n) is 7.17. The molecule has 3 N–H and O–H groups in total. The van der Waals surface area contributed by atoms with Gasteiger partial charge in [0.2, 0.25) is 11.7 Å². The van der Waals surface area contributed by atoms with E-state index in [1.54, 1.807) is 73.5 Å². The molecule has 1 aromatic carbocycles. The Kier molecular flexibility index (Phi) is 12.6. The van der Waals surface area contributed by atoms with Gasteiger partial charge in [-0.1, -0.05) is 12.2 Å². The van der Waals surface area contributed by atoms with Crippen LogP contribution in [0.1, 0.15) is 71.6 Å². The van der Waals surface area contributed by atoms with Crippen LogP contribution < -0.4 is 25.4 Å².